The average Bonchev–Trinajstić information content (AvgIpc) is 3.10. The number of fused-ring (bicyclic) bond motifs is 1. The zero-order valence-electron chi connectivity index (χ0n) is 16.3. The SMILES string of the molecule is CCCCCC(O)C(C)=C[C@H]1[C@@H]2CC(CCSCC(=O)O)C[C@H]2C[C@@H]1O. The average molecular weight is 385 g/mol. The second-order valence-electron chi connectivity index (χ2n) is 8.30. The van der Waals surface area contributed by atoms with E-state index in [0.29, 0.717) is 17.8 Å². The number of unbranched alkanes of at least 4 members (excludes halogenated alkanes) is 2. The molecule has 4 nitrogen and oxygen atoms in total. The van der Waals surface area contributed by atoms with Gasteiger partial charge in [0.1, 0.15) is 0 Å². The Morgan fingerprint density at radius 3 is 2.73 bits per heavy atom. The monoisotopic (exact) mass is 384 g/mol. The Hall–Kier alpha value is -0.520. The Labute approximate surface area is 162 Å². The second-order valence-corrected chi connectivity index (χ2v) is 9.40. The summed E-state index contributed by atoms with van der Waals surface area (Å²) in [6.07, 6.45) is 9.95. The Balaban J connectivity index is 1.84. The van der Waals surface area contributed by atoms with Gasteiger partial charge in [-0.1, -0.05) is 32.3 Å². The maximum absolute atomic E-state index is 10.6. The molecule has 0 spiro atoms. The highest BCUT2D eigenvalue weighted by Crippen LogP contribution is 2.51. The van der Waals surface area contributed by atoms with Gasteiger partial charge in [0.05, 0.1) is 18.0 Å². The lowest BCUT2D eigenvalue weighted by molar-refractivity contribution is -0.133. The molecule has 0 amide bonds. The molecule has 2 aliphatic carbocycles. The molecular formula is C21H36O4S. The number of carbonyl (C=O) groups is 1. The van der Waals surface area contributed by atoms with E-state index < -0.39 is 5.97 Å². The molecule has 0 aromatic carbocycles. The predicted molar refractivity (Wildman–Crippen MR) is 107 cm³/mol. The molecule has 150 valence electrons. The van der Waals surface area contributed by atoms with E-state index in [-0.39, 0.29) is 23.9 Å². The third-order valence-electron chi connectivity index (χ3n) is 6.29. The van der Waals surface area contributed by atoms with E-state index in [2.05, 4.69) is 13.0 Å². The molecule has 2 fully saturated rings. The van der Waals surface area contributed by atoms with Gasteiger partial charge in [0.25, 0.3) is 0 Å². The van der Waals surface area contributed by atoms with Gasteiger partial charge in [0.15, 0.2) is 0 Å². The molecule has 3 N–H and O–H groups in total. The van der Waals surface area contributed by atoms with Crippen molar-refractivity contribution in [3.63, 3.8) is 0 Å². The molecule has 0 aromatic heterocycles. The number of carboxylic acids is 1. The fraction of sp³-hybridized carbons (Fsp3) is 0.857. The number of carboxylic acid groups (broad SMARTS) is 1. The minimum Gasteiger partial charge on any atom is -0.481 e. The van der Waals surface area contributed by atoms with Crippen LogP contribution in [0.15, 0.2) is 11.6 Å². The molecule has 6 atom stereocenters. The molecule has 0 bridgehead atoms. The summed E-state index contributed by atoms with van der Waals surface area (Å²) >= 11 is 1.51. The van der Waals surface area contributed by atoms with Crippen molar-refractivity contribution >= 4 is 17.7 Å². The minimum atomic E-state index is -0.736. The summed E-state index contributed by atoms with van der Waals surface area (Å²) in [4.78, 5) is 10.6. The first-order valence-electron chi connectivity index (χ1n) is 10.3. The van der Waals surface area contributed by atoms with E-state index in [9.17, 15) is 15.0 Å². The van der Waals surface area contributed by atoms with Crippen LogP contribution in [0.3, 0.4) is 0 Å². The van der Waals surface area contributed by atoms with Gasteiger partial charge in [-0.3, -0.25) is 4.79 Å². The first-order valence-corrected chi connectivity index (χ1v) is 11.4. The Morgan fingerprint density at radius 2 is 2.04 bits per heavy atom. The van der Waals surface area contributed by atoms with Crippen molar-refractivity contribution in [3.8, 4) is 0 Å². The summed E-state index contributed by atoms with van der Waals surface area (Å²) in [5.74, 6) is 2.32. The summed E-state index contributed by atoms with van der Waals surface area (Å²) in [6, 6.07) is 0. The summed E-state index contributed by atoms with van der Waals surface area (Å²) in [5, 5.41) is 29.6. The van der Waals surface area contributed by atoms with E-state index in [1.165, 1.54) is 11.8 Å². The molecule has 0 saturated heterocycles. The van der Waals surface area contributed by atoms with Gasteiger partial charge in [-0.15, -0.1) is 0 Å². The number of aliphatic carboxylic acids is 1. The predicted octanol–water partition coefficient (Wildman–Crippen LogP) is 4.11. The molecular weight excluding hydrogens is 348 g/mol. The molecule has 2 aliphatic rings. The molecule has 0 radical (unpaired) electrons. The largest absolute Gasteiger partial charge is 0.481 e. The topological polar surface area (TPSA) is 77.8 Å². The number of hydrogen-bond acceptors (Lipinski definition) is 4. The van der Waals surface area contributed by atoms with Gasteiger partial charge in [0, 0.05) is 5.92 Å². The lowest BCUT2D eigenvalue weighted by Crippen LogP contribution is -2.20. The smallest absolute Gasteiger partial charge is 0.313 e. The zero-order chi connectivity index (χ0) is 19.1. The minimum absolute atomic E-state index is 0.178. The Bertz CT molecular complexity index is 479. The highest BCUT2D eigenvalue weighted by molar-refractivity contribution is 7.99. The van der Waals surface area contributed by atoms with E-state index in [4.69, 9.17) is 5.11 Å². The van der Waals surface area contributed by atoms with Crippen molar-refractivity contribution in [2.24, 2.45) is 23.7 Å². The van der Waals surface area contributed by atoms with Gasteiger partial charge >= 0.3 is 5.97 Å². The summed E-state index contributed by atoms with van der Waals surface area (Å²) in [5.41, 5.74) is 1.02. The van der Waals surface area contributed by atoms with Crippen molar-refractivity contribution in [2.45, 2.75) is 77.4 Å². The van der Waals surface area contributed by atoms with Gasteiger partial charge in [-0.25, -0.2) is 0 Å². The molecule has 26 heavy (non-hydrogen) atoms. The van der Waals surface area contributed by atoms with Crippen LogP contribution in [-0.4, -0.2) is 45.0 Å². The normalized spacial score (nSPS) is 32.6. The quantitative estimate of drug-likeness (QED) is 0.369. The summed E-state index contributed by atoms with van der Waals surface area (Å²) < 4.78 is 0. The highest BCUT2D eigenvalue weighted by Gasteiger charge is 2.46. The molecule has 2 unspecified atom stereocenters. The van der Waals surface area contributed by atoms with Crippen molar-refractivity contribution in [1.29, 1.82) is 0 Å². The number of thioether (sulfide) groups is 1. The third-order valence-corrected chi connectivity index (χ3v) is 7.26. The van der Waals surface area contributed by atoms with Crippen molar-refractivity contribution in [2.75, 3.05) is 11.5 Å². The van der Waals surface area contributed by atoms with Crippen LogP contribution < -0.4 is 0 Å². The molecule has 2 rings (SSSR count). The van der Waals surface area contributed by atoms with Crippen molar-refractivity contribution in [1.82, 2.24) is 0 Å². The molecule has 0 aromatic rings. The van der Waals surface area contributed by atoms with E-state index >= 15 is 0 Å². The van der Waals surface area contributed by atoms with E-state index in [0.717, 1.165) is 62.7 Å². The van der Waals surface area contributed by atoms with Crippen LogP contribution in [0.25, 0.3) is 0 Å². The van der Waals surface area contributed by atoms with Crippen LogP contribution in [0.2, 0.25) is 0 Å². The van der Waals surface area contributed by atoms with Crippen LogP contribution in [0.5, 0.6) is 0 Å². The Kier molecular flexibility index (Phi) is 8.98. The van der Waals surface area contributed by atoms with Gasteiger partial charge < -0.3 is 15.3 Å². The van der Waals surface area contributed by atoms with Gasteiger partial charge in [0.2, 0.25) is 0 Å². The maximum Gasteiger partial charge on any atom is 0.313 e. The standard InChI is InChI=1S/C21H36O4S/c1-3-4-5-6-19(22)14(2)9-18-17-11-15(7-8-26-13-21(24)25)10-16(17)12-20(18)23/h9,15-20,22-23H,3-8,10-13H2,1-2H3,(H,24,25)/t15?,16-,17+,18-,19?,20-/m0/s1. The Morgan fingerprint density at radius 1 is 1.27 bits per heavy atom. The molecule has 0 heterocycles. The fourth-order valence-corrected chi connectivity index (χ4v) is 5.70. The first-order chi connectivity index (χ1) is 12.4. The molecule has 2 saturated carbocycles. The fourth-order valence-electron chi connectivity index (χ4n) is 4.88. The first kappa shape index (κ1) is 21.8. The van der Waals surface area contributed by atoms with Crippen LogP contribution in [0.4, 0.5) is 0 Å². The molecule has 0 aliphatic heterocycles. The van der Waals surface area contributed by atoms with Crippen LogP contribution in [0, 0.1) is 23.7 Å². The number of rotatable bonds is 11. The van der Waals surface area contributed by atoms with E-state index in [1.807, 2.05) is 6.92 Å². The second kappa shape index (κ2) is 10.7. The maximum atomic E-state index is 10.6. The number of aliphatic hydroxyl groups is 2. The zero-order valence-corrected chi connectivity index (χ0v) is 17.1. The highest BCUT2D eigenvalue weighted by atomic mass is 32.2. The van der Waals surface area contributed by atoms with Crippen LogP contribution >= 0.6 is 11.8 Å². The number of hydrogen-bond donors (Lipinski definition) is 3. The van der Waals surface area contributed by atoms with E-state index in [1.54, 1.807) is 0 Å². The van der Waals surface area contributed by atoms with Gasteiger partial charge in [-0.2, -0.15) is 11.8 Å². The van der Waals surface area contributed by atoms with Crippen molar-refractivity contribution < 1.29 is 20.1 Å². The van der Waals surface area contributed by atoms with Crippen LogP contribution in [-0.2, 0) is 4.79 Å². The lowest BCUT2D eigenvalue weighted by atomic mass is 9.87. The third kappa shape index (κ3) is 6.28. The number of aliphatic hydroxyl groups excluding tert-OH is 2. The van der Waals surface area contributed by atoms with Crippen molar-refractivity contribution in [3.05, 3.63) is 11.6 Å². The van der Waals surface area contributed by atoms with Crippen LogP contribution in [0.1, 0.15) is 65.2 Å². The summed E-state index contributed by atoms with van der Waals surface area (Å²) in [6.45, 7) is 4.17. The molecule has 5 heteroatoms. The van der Waals surface area contributed by atoms with Gasteiger partial charge in [-0.05, 0) is 68.1 Å². The summed E-state index contributed by atoms with van der Waals surface area (Å²) in [7, 11) is 0. The lowest BCUT2D eigenvalue weighted by Gasteiger charge is -2.21.